The number of benzene rings is 3. The zero-order valence-electron chi connectivity index (χ0n) is 18.8. The van der Waals surface area contributed by atoms with Crippen LogP contribution in [0.1, 0.15) is 27.0 Å². The Hall–Kier alpha value is -3.41. The van der Waals surface area contributed by atoms with Crippen molar-refractivity contribution >= 4 is 46.0 Å². The third kappa shape index (κ3) is 3.91. The summed E-state index contributed by atoms with van der Waals surface area (Å²) >= 11 is 12.1. The van der Waals surface area contributed by atoms with E-state index >= 15 is 0 Å². The number of aryl methyl sites for hydroxylation is 1. The summed E-state index contributed by atoms with van der Waals surface area (Å²) in [5.74, 6) is 2.01. The lowest BCUT2D eigenvalue weighted by atomic mass is 10.1. The molecular formula is C27H21Cl2NO4. The second kappa shape index (κ2) is 8.75. The van der Waals surface area contributed by atoms with E-state index < -0.39 is 0 Å². The van der Waals surface area contributed by atoms with Gasteiger partial charge in [-0.25, -0.2) is 0 Å². The highest BCUT2D eigenvalue weighted by Gasteiger charge is 2.30. The Bertz CT molecular complexity index is 1490. The lowest BCUT2D eigenvalue weighted by Crippen LogP contribution is -1.98. The molecule has 0 saturated heterocycles. The van der Waals surface area contributed by atoms with Crippen molar-refractivity contribution in [1.29, 1.82) is 0 Å². The second-order valence-electron chi connectivity index (χ2n) is 8.12. The summed E-state index contributed by atoms with van der Waals surface area (Å²) in [6, 6.07) is 14.7. The molecule has 0 amide bonds. The first-order chi connectivity index (χ1) is 16.4. The maximum atomic E-state index is 13.1. The third-order valence-electron chi connectivity index (χ3n) is 5.93. The summed E-state index contributed by atoms with van der Waals surface area (Å²) in [6.45, 7) is 2.19. The van der Waals surface area contributed by atoms with E-state index in [0.29, 0.717) is 33.7 Å². The number of aromatic nitrogens is 1. The van der Waals surface area contributed by atoms with Crippen LogP contribution in [-0.2, 0) is 13.7 Å². The number of Topliss-reactive ketones (excluding diaryl/α,β-unsaturated/α-hetero) is 1. The first-order valence-corrected chi connectivity index (χ1v) is 11.4. The molecule has 2 heterocycles. The van der Waals surface area contributed by atoms with Gasteiger partial charge in [-0.15, -0.1) is 0 Å². The van der Waals surface area contributed by atoms with Gasteiger partial charge in [-0.05, 0) is 61.0 Å². The average molecular weight is 494 g/mol. The van der Waals surface area contributed by atoms with E-state index in [1.54, 1.807) is 37.5 Å². The van der Waals surface area contributed by atoms with Gasteiger partial charge >= 0.3 is 0 Å². The highest BCUT2D eigenvalue weighted by atomic mass is 35.5. The maximum Gasteiger partial charge on any atom is 0.231 e. The fourth-order valence-corrected chi connectivity index (χ4v) is 4.42. The molecule has 5 rings (SSSR count). The van der Waals surface area contributed by atoms with Crippen LogP contribution in [0.2, 0.25) is 10.0 Å². The van der Waals surface area contributed by atoms with E-state index in [4.69, 9.17) is 37.4 Å². The molecule has 5 nitrogen and oxygen atoms in total. The molecule has 0 saturated carbocycles. The SMILES string of the molecule is COc1ccc2c(c1)c(C=C1Oc3c(ccc(OCc4ccc(Cl)c(Cl)c4)c3C)C1=O)cn2C. The molecule has 172 valence electrons. The Morgan fingerprint density at radius 2 is 1.88 bits per heavy atom. The zero-order chi connectivity index (χ0) is 24.0. The normalized spacial score (nSPS) is 13.9. The summed E-state index contributed by atoms with van der Waals surface area (Å²) < 4.78 is 19.4. The van der Waals surface area contributed by atoms with E-state index in [-0.39, 0.29) is 11.5 Å². The van der Waals surface area contributed by atoms with Crippen LogP contribution < -0.4 is 14.2 Å². The second-order valence-corrected chi connectivity index (χ2v) is 8.94. The molecule has 1 aliphatic rings. The number of halogens is 2. The number of nitrogens with zero attached hydrogens (tertiary/aromatic N) is 1. The standard InChI is InChI=1S/C27H21Cl2NO4/c1-15-24(33-14-16-4-7-21(28)22(29)10-16)9-6-19-26(31)25(34-27(15)19)11-17-13-30(2)23-8-5-18(32-3)12-20(17)23/h4-13H,14H2,1-3H3. The number of carbonyl (C=O) groups excluding carboxylic acids is 1. The Kier molecular flexibility index (Phi) is 5.76. The fraction of sp³-hybridized carbons (Fsp3) is 0.148. The first kappa shape index (κ1) is 22.4. The first-order valence-electron chi connectivity index (χ1n) is 10.6. The van der Waals surface area contributed by atoms with Crippen molar-refractivity contribution in [3.8, 4) is 17.2 Å². The van der Waals surface area contributed by atoms with Crippen LogP contribution in [0.15, 0.2) is 60.5 Å². The number of ketones is 1. The molecule has 3 aromatic carbocycles. The molecule has 0 aliphatic carbocycles. The van der Waals surface area contributed by atoms with Crippen LogP contribution >= 0.6 is 23.2 Å². The van der Waals surface area contributed by atoms with Gasteiger partial charge in [-0.3, -0.25) is 4.79 Å². The molecule has 0 atom stereocenters. The van der Waals surface area contributed by atoms with Crippen LogP contribution in [0.3, 0.4) is 0 Å². The molecule has 0 spiro atoms. The fourth-order valence-electron chi connectivity index (χ4n) is 4.10. The number of allylic oxidation sites excluding steroid dienone is 1. The minimum absolute atomic E-state index is 0.158. The number of methoxy groups -OCH3 is 1. The summed E-state index contributed by atoms with van der Waals surface area (Å²) in [5.41, 5.74) is 4.07. The van der Waals surface area contributed by atoms with Crippen molar-refractivity contribution in [2.45, 2.75) is 13.5 Å². The predicted octanol–water partition coefficient (Wildman–Crippen LogP) is 7.00. The number of hydrogen-bond donors (Lipinski definition) is 0. The van der Waals surface area contributed by atoms with Crippen molar-refractivity contribution in [3.63, 3.8) is 0 Å². The molecule has 1 aromatic heterocycles. The molecule has 0 radical (unpaired) electrons. The van der Waals surface area contributed by atoms with Crippen LogP contribution in [0.25, 0.3) is 17.0 Å². The average Bonchev–Trinajstić information content (AvgIpc) is 3.32. The predicted molar refractivity (Wildman–Crippen MR) is 134 cm³/mol. The minimum Gasteiger partial charge on any atom is -0.497 e. The largest absolute Gasteiger partial charge is 0.497 e. The summed E-state index contributed by atoms with van der Waals surface area (Å²) in [4.78, 5) is 13.1. The Morgan fingerprint density at radius 1 is 1.06 bits per heavy atom. The number of fused-ring (bicyclic) bond motifs is 2. The zero-order valence-corrected chi connectivity index (χ0v) is 20.3. The molecule has 0 fully saturated rings. The van der Waals surface area contributed by atoms with Crippen LogP contribution in [0.5, 0.6) is 17.2 Å². The van der Waals surface area contributed by atoms with E-state index in [9.17, 15) is 4.79 Å². The quantitative estimate of drug-likeness (QED) is 0.281. The van der Waals surface area contributed by atoms with Gasteiger partial charge in [0, 0.05) is 35.3 Å². The van der Waals surface area contributed by atoms with Crippen molar-refractivity contribution in [3.05, 3.63) is 92.8 Å². The van der Waals surface area contributed by atoms with E-state index in [1.165, 1.54) is 0 Å². The number of ether oxygens (including phenoxy) is 3. The van der Waals surface area contributed by atoms with Gasteiger partial charge < -0.3 is 18.8 Å². The maximum absolute atomic E-state index is 13.1. The van der Waals surface area contributed by atoms with Crippen molar-refractivity contribution < 1.29 is 19.0 Å². The third-order valence-corrected chi connectivity index (χ3v) is 6.67. The van der Waals surface area contributed by atoms with Gasteiger partial charge in [-0.2, -0.15) is 0 Å². The topological polar surface area (TPSA) is 49.7 Å². The van der Waals surface area contributed by atoms with Crippen molar-refractivity contribution in [2.75, 3.05) is 7.11 Å². The Balaban J connectivity index is 1.43. The van der Waals surface area contributed by atoms with E-state index in [2.05, 4.69) is 0 Å². The Labute approximate surface area is 207 Å². The van der Waals surface area contributed by atoms with E-state index in [0.717, 1.165) is 33.3 Å². The van der Waals surface area contributed by atoms with Crippen LogP contribution in [0, 0.1) is 6.92 Å². The van der Waals surface area contributed by atoms with Gasteiger partial charge in [0.25, 0.3) is 0 Å². The minimum atomic E-state index is -0.158. The van der Waals surface area contributed by atoms with Crippen molar-refractivity contribution in [1.82, 2.24) is 4.57 Å². The molecule has 0 N–H and O–H groups in total. The van der Waals surface area contributed by atoms with Gasteiger partial charge in [0.05, 0.1) is 22.7 Å². The lowest BCUT2D eigenvalue weighted by molar-refractivity contribution is 0.101. The van der Waals surface area contributed by atoms with Crippen LogP contribution in [0.4, 0.5) is 0 Å². The van der Waals surface area contributed by atoms with Crippen LogP contribution in [-0.4, -0.2) is 17.5 Å². The summed E-state index contributed by atoms with van der Waals surface area (Å²) in [5, 5.41) is 1.95. The number of rotatable bonds is 5. The number of carbonyl (C=O) groups is 1. The van der Waals surface area contributed by atoms with Gasteiger partial charge in [-0.1, -0.05) is 29.3 Å². The molecule has 0 unspecified atom stereocenters. The van der Waals surface area contributed by atoms with Gasteiger partial charge in [0.1, 0.15) is 23.9 Å². The molecular weight excluding hydrogens is 473 g/mol. The molecule has 7 heteroatoms. The molecule has 1 aliphatic heterocycles. The smallest absolute Gasteiger partial charge is 0.231 e. The summed E-state index contributed by atoms with van der Waals surface area (Å²) in [6.07, 6.45) is 3.75. The van der Waals surface area contributed by atoms with E-state index in [1.807, 2.05) is 49.0 Å². The van der Waals surface area contributed by atoms with Gasteiger partial charge in [0.15, 0.2) is 5.76 Å². The summed E-state index contributed by atoms with van der Waals surface area (Å²) in [7, 11) is 3.59. The van der Waals surface area contributed by atoms with Gasteiger partial charge in [0.2, 0.25) is 5.78 Å². The Morgan fingerprint density at radius 3 is 2.65 bits per heavy atom. The molecule has 0 bridgehead atoms. The van der Waals surface area contributed by atoms with Crippen molar-refractivity contribution in [2.24, 2.45) is 7.05 Å². The lowest BCUT2D eigenvalue weighted by Gasteiger charge is -2.12. The molecule has 4 aromatic rings. The monoisotopic (exact) mass is 493 g/mol. The number of hydrogen-bond acceptors (Lipinski definition) is 4. The molecule has 34 heavy (non-hydrogen) atoms. The highest BCUT2D eigenvalue weighted by molar-refractivity contribution is 6.42. The highest BCUT2D eigenvalue weighted by Crippen LogP contribution is 2.40.